The Balaban J connectivity index is 2.05. The van der Waals surface area contributed by atoms with Crippen LogP contribution in [-0.2, 0) is 0 Å². The highest BCUT2D eigenvalue weighted by atomic mass is 32.1. The lowest BCUT2D eigenvalue weighted by Gasteiger charge is -2.33. The van der Waals surface area contributed by atoms with Crippen LogP contribution in [0.1, 0.15) is 60.4 Å². The van der Waals surface area contributed by atoms with E-state index >= 15 is 0 Å². The van der Waals surface area contributed by atoms with E-state index < -0.39 is 0 Å². The Morgan fingerprint density at radius 3 is 2.39 bits per heavy atom. The summed E-state index contributed by atoms with van der Waals surface area (Å²) in [5.41, 5.74) is 1.46. The van der Waals surface area contributed by atoms with Crippen LogP contribution in [0.3, 0.4) is 0 Å². The second-order valence-electron chi connectivity index (χ2n) is 5.84. The van der Waals surface area contributed by atoms with Crippen molar-refractivity contribution >= 4 is 11.3 Å². The summed E-state index contributed by atoms with van der Waals surface area (Å²) >= 11 is 1.98. The Morgan fingerprint density at radius 2 is 1.94 bits per heavy atom. The van der Waals surface area contributed by atoms with Gasteiger partial charge in [0.1, 0.15) is 0 Å². The zero-order chi connectivity index (χ0) is 13.1. The van der Waals surface area contributed by atoms with Gasteiger partial charge in [-0.15, -0.1) is 11.3 Å². The monoisotopic (exact) mass is 265 g/mol. The lowest BCUT2D eigenvalue weighted by atomic mass is 9.77. The Morgan fingerprint density at radius 1 is 1.28 bits per heavy atom. The standard InChI is InChI=1S/C16H27NS/c1-5-13-6-8-14(9-7-13)16(17-4)15-10-11(2)12(3)18-15/h10,13-14,16-17H,5-9H2,1-4H3. The molecule has 1 atom stereocenters. The molecule has 1 heterocycles. The van der Waals surface area contributed by atoms with Crippen LogP contribution in [0.25, 0.3) is 0 Å². The predicted octanol–water partition coefficient (Wildman–Crippen LogP) is 4.84. The second kappa shape index (κ2) is 6.21. The first kappa shape index (κ1) is 14.1. The van der Waals surface area contributed by atoms with E-state index in [4.69, 9.17) is 0 Å². The first-order valence-electron chi connectivity index (χ1n) is 7.39. The summed E-state index contributed by atoms with van der Waals surface area (Å²) in [7, 11) is 2.13. The molecule has 0 radical (unpaired) electrons. The maximum atomic E-state index is 3.57. The number of hydrogen-bond donors (Lipinski definition) is 1. The van der Waals surface area contributed by atoms with Crippen molar-refractivity contribution < 1.29 is 0 Å². The number of nitrogens with one attached hydrogen (secondary N) is 1. The summed E-state index contributed by atoms with van der Waals surface area (Å²) in [4.78, 5) is 3.03. The molecule has 0 aromatic carbocycles. The molecule has 1 unspecified atom stereocenters. The van der Waals surface area contributed by atoms with Crippen molar-refractivity contribution in [1.29, 1.82) is 0 Å². The SMILES string of the molecule is CCC1CCC(C(NC)c2cc(C)c(C)s2)CC1. The molecule has 102 valence electrons. The van der Waals surface area contributed by atoms with E-state index in [1.165, 1.54) is 42.5 Å². The number of rotatable bonds is 4. The second-order valence-corrected chi connectivity index (χ2v) is 7.13. The highest BCUT2D eigenvalue weighted by molar-refractivity contribution is 7.12. The van der Waals surface area contributed by atoms with Gasteiger partial charge in [-0.05, 0) is 57.2 Å². The maximum Gasteiger partial charge on any atom is 0.0441 e. The average Bonchev–Trinajstić information content (AvgIpc) is 2.71. The zero-order valence-electron chi connectivity index (χ0n) is 12.3. The van der Waals surface area contributed by atoms with Crippen molar-refractivity contribution in [2.75, 3.05) is 7.05 Å². The van der Waals surface area contributed by atoms with Crippen molar-refractivity contribution in [2.45, 2.75) is 58.9 Å². The van der Waals surface area contributed by atoms with Crippen LogP contribution >= 0.6 is 11.3 Å². The van der Waals surface area contributed by atoms with E-state index in [-0.39, 0.29) is 0 Å². The molecule has 0 amide bonds. The Hall–Kier alpha value is -0.340. The van der Waals surface area contributed by atoms with Crippen LogP contribution in [0, 0.1) is 25.7 Å². The quantitative estimate of drug-likeness (QED) is 0.821. The van der Waals surface area contributed by atoms with Crippen LogP contribution in [0.15, 0.2) is 6.07 Å². The molecule has 1 aromatic heterocycles. The first-order valence-corrected chi connectivity index (χ1v) is 8.21. The van der Waals surface area contributed by atoms with E-state index in [0.29, 0.717) is 6.04 Å². The molecule has 1 saturated carbocycles. The van der Waals surface area contributed by atoms with Crippen LogP contribution in [-0.4, -0.2) is 7.05 Å². The van der Waals surface area contributed by atoms with Gasteiger partial charge in [0.05, 0.1) is 0 Å². The maximum absolute atomic E-state index is 3.57. The lowest BCUT2D eigenvalue weighted by Crippen LogP contribution is -2.28. The van der Waals surface area contributed by atoms with Gasteiger partial charge in [0, 0.05) is 15.8 Å². The van der Waals surface area contributed by atoms with Crippen LogP contribution in [0.5, 0.6) is 0 Å². The van der Waals surface area contributed by atoms with Gasteiger partial charge in [-0.3, -0.25) is 0 Å². The lowest BCUT2D eigenvalue weighted by molar-refractivity contribution is 0.226. The summed E-state index contributed by atoms with van der Waals surface area (Å²) in [5.74, 6) is 1.83. The van der Waals surface area contributed by atoms with Crippen LogP contribution in [0.2, 0.25) is 0 Å². The number of hydrogen-bond acceptors (Lipinski definition) is 2. The van der Waals surface area contributed by atoms with Crippen LogP contribution in [0.4, 0.5) is 0 Å². The summed E-state index contributed by atoms with van der Waals surface area (Å²) in [6.07, 6.45) is 7.04. The van der Waals surface area contributed by atoms with E-state index in [2.05, 4.69) is 39.2 Å². The van der Waals surface area contributed by atoms with Crippen molar-refractivity contribution in [3.8, 4) is 0 Å². The molecule has 2 rings (SSSR count). The van der Waals surface area contributed by atoms with Gasteiger partial charge in [-0.1, -0.05) is 26.2 Å². The Bertz CT molecular complexity index is 355. The molecule has 18 heavy (non-hydrogen) atoms. The van der Waals surface area contributed by atoms with Crippen molar-refractivity contribution in [2.24, 2.45) is 11.8 Å². The number of thiophene rings is 1. The minimum Gasteiger partial charge on any atom is -0.312 e. The van der Waals surface area contributed by atoms with Gasteiger partial charge in [0.25, 0.3) is 0 Å². The molecule has 0 aliphatic heterocycles. The number of aryl methyl sites for hydroxylation is 2. The fourth-order valence-corrected chi connectivity index (χ4v) is 4.54. The van der Waals surface area contributed by atoms with Gasteiger partial charge in [-0.25, -0.2) is 0 Å². The highest BCUT2D eigenvalue weighted by Crippen LogP contribution is 2.40. The fourth-order valence-electron chi connectivity index (χ4n) is 3.30. The molecule has 1 aromatic rings. The van der Waals surface area contributed by atoms with Gasteiger partial charge >= 0.3 is 0 Å². The predicted molar refractivity (Wildman–Crippen MR) is 81.3 cm³/mol. The average molecular weight is 265 g/mol. The molecule has 1 fully saturated rings. The third-order valence-corrected chi connectivity index (χ3v) is 5.98. The van der Waals surface area contributed by atoms with E-state index in [1.807, 2.05) is 11.3 Å². The first-order chi connectivity index (χ1) is 8.65. The topological polar surface area (TPSA) is 12.0 Å². The molecule has 1 aliphatic rings. The molecular weight excluding hydrogens is 238 g/mol. The normalized spacial score (nSPS) is 26.2. The molecule has 1 nitrogen and oxygen atoms in total. The summed E-state index contributed by atoms with van der Waals surface area (Å²) in [5, 5.41) is 3.57. The van der Waals surface area contributed by atoms with Gasteiger partial charge in [0.15, 0.2) is 0 Å². The van der Waals surface area contributed by atoms with Crippen molar-refractivity contribution in [3.63, 3.8) is 0 Å². The fraction of sp³-hybridized carbons (Fsp3) is 0.750. The third-order valence-electron chi connectivity index (χ3n) is 4.74. The van der Waals surface area contributed by atoms with Gasteiger partial charge in [-0.2, -0.15) is 0 Å². The molecule has 1 N–H and O–H groups in total. The summed E-state index contributed by atoms with van der Waals surface area (Å²) in [6, 6.07) is 2.98. The molecule has 1 aliphatic carbocycles. The Labute approximate surface area is 116 Å². The molecular formula is C16H27NS. The van der Waals surface area contributed by atoms with Crippen molar-refractivity contribution in [3.05, 3.63) is 21.4 Å². The molecule has 0 saturated heterocycles. The van der Waals surface area contributed by atoms with E-state index in [9.17, 15) is 0 Å². The minimum atomic E-state index is 0.584. The zero-order valence-corrected chi connectivity index (χ0v) is 13.1. The minimum absolute atomic E-state index is 0.584. The van der Waals surface area contributed by atoms with Crippen LogP contribution < -0.4 is 5.32 Å². The van der Waals surface area contributed by atoms with Gasteiger partial charge in [0.2, 0.25) is 0 Å². The van der Waals surface area contributed by atoms with Crippen molar-refractivity contribution in [1.82, 2.24) is 5.32 Å². The highest BCUT2D eigenvalue weighted by Gasteiger charge is 2.28. The van der Waals surface area contributed by atoms with E-state index in [0.717, 1.165) is 11.8 Å². The summed E-state index contributed by atoms with van der Waals surface area (Å²) < 4.78 is 0. The summed E-state index contributed by atoms with van der Waals surface area (Å²) in [6.45, 7) is 6.81. The molecule has 0 bridgehead atoms. The Kier molecular flexibility index (Phi) is 4.85. The molecule has 0 spiro atoms. The van der Waals surface area contributed by atoms with E-state index in [1.54, 1.807) is 4.88 Å². The smallest absolute Gasteiger partial charge is 0.0441 e. The third kappa shape index (κ3) is 2.97. The molecule has 2 heteroatoms. The largest absolute Gasteiger partial charge is 0.312 e. The van der Waals surface area contributed by atoms with Gasteiger partial charge < -0.3 is 5.32 Å².